The number of benzene rings is 1. The van der Waals surface area contributed by atoms with Gasteiger partial charge in [0, 0.05) is 6.42 Å². The molecule has 1 fully saturated rings. The van der Waals surface area contributed by atoms with Crippen molar-refractivity contribution in [2.45, 2.75) is 44.4 Å². The first-order valence-electron chi connectivity index (χ1n) is 5.84. The molecule has 0 aliphatic heterocycles. The molecule has 0 N–H and O–H groups in total. The van der Waals surface area contributed by atoms with Crippen molar-refractivity contribution in [2.24, 2.45) is 0 Å². The highest BCUT2D eigenvalue weighted by molar-refractivity contribution is 5.51. The lowest BCUT2D eigenvalue weighted by molar-refractivity contribution is -0.108. The van der Waals surface area contributed by atoms with E-state index < -0.39 is 0 Å². The quantitative estimate of drug-likeness (QED) is 0.681. The van der Waals surface area contributed by atoms with E-state index in [9.17, 15) is 4.79 Å². The van der Waals surface area contributed by atoms with Gasteiger partial charge in [0.25, 0.3) is 0 Å². The van der Waals surface area contributed by atoms with Gasteiger partial charge in [0.1, 0.15) is 6.29 Å². The highest BCUT2D eigenvalue weighted by atomic mass is 16.1. The van der Waals surface area contributed by atoms with Crippen LogP contribution in [0.25, 0.3) is 0 Å². The molecule has 0 heterocycles. The van der Waals surface area contributed by atoms with Gasteiger partial charge in [-0.1, -0.05) is 37.6 Å². The van der Waals surface area contributed by atoms with Crippen LogP contribution in [0.15, 0.2) is 24.3 Å². The van der Waals surface area contributed by atoms with Crippen LogP contribution in [0.2, 0.25) is 0 Å². The summed E-state index contributed by atoms with van der Waals surface area (Å²) in [5.41, 5.74) is 2.78. The summed E-state index contributed by atoms with van der Waals surface area (Å²) in [5.74, 6) is 1.15. The maximum Gasteiger partial charge on any atom is 0.120 e. The molecule has 1 heteroatoms. The van der Waals surface area contributed by atoms with E-state index in [2.05, 4.69) is 31.2 Å². The number of hydrogen-bond acceptors (Lipinski definition) is 1. The Morgan fingerprint density at radius 1 is 1.47 bits per heavy atom. The molecule has 1 nitrogen and oxygen atoms in total. The molecule has 80 valence electrons. The molecule has 0 radical (unpaired) electrons. The SMILES string of the molecule is CC(CC=O)c1cccc(C2CCC2)c1. The van der Waals surface area contributed by atoms with E-state index in [1.807, 2.05) is 0 Å². The van der Waals surface area contributed by atoms with Crippen LogP contribution in [0.4, 0.5) is 0 Å². The Bertz CT molecular complexity index is 339. The highest BCUT2D eigenvalue weighted by Crippen LogP contribution is 2.37. The summed E-state index contributed by atoms with van der Waals surface area (Å²) in [6.45, 7) is 2.12. The molecule has 0 aromatic heterocycles. The average molecular weight is 202 g/mol. The summed E-state index contributed by atoms with van der Waals surface area (Å²) in [6, 6.07) is 8.78. The summed E-state index contributed by atoms with van der Waals surface area (Å²) in [4.78, 5) is 10.5. The number of rotatable bonds is 4. The molecular weight excluding hydrogens is 184 g/mol. The topological polar surface area (TPSA) is 17.1 Å². The predicted molar refractivity (Wildman–Crippen MR) is 62.1 cm³/mol. The lowest BCUT2D eigenvalue weighted by Gasteiger charge is -2.26. The van der Waals surface area contributed by atoms with Crippen LogP contribution in [0.5, 0.6) is 0 Å². The van der Waals surface area contributed by atoms with Crippen molar-refractivity contribution in [3.05, 3.63) is 35.4 Å². The fraction of sp³-hybridized carbons (Fsp3) is 0.500. The van der Waals surface area contributed by atoms with E-state index >= 15 is 0 Å². The van der Waals surface area contributed by atoms with Gasteiger partial charge in [0.15, 0.2) is 0 Å². The minimum absolute atomic E-state index is 0.363. The molecule has 15 heavy (non-hydrogen) atoms. The van der Waals surface area contributed by atoms with Crippen LogP contribution >= 0.6 is 0 Å². The Morgan fingerprint density at radius 3 is 2.87 bits per heavy atom. The third-order valence-corrected chi connectivity index (χ3v) is 3.51. The van der Waals surface area contributed by atoms with E-state index in [0.717, 1.165) is 12.2 Å². The van der Waals surface area contributed by atoms with Crippen molar-refractivity contribution in [1.29, 1.82) is 0 Å². The van der Waals surface area contributed by atoms with Gasteiger partial charge in [-0.25, -0.2) is 0 Å². The van der Waals surface area contributed by atoms with Gasteiger partial charge in [-0.05, 0) is 35.8 Å². The number of aldehydes is 1. The normalized spacial score (nSPS) is 18.2. The van der Waals surface area contributed by atoms with Crippen molar-refractivity contribution in [2.75, 3.05) is 0 Å². The molecule has 1 aromatic carbocycles. The molecule has 2 rings (SSSR count). The molecule has 0 saturated heterocycles. The van der Waals surface area contributed by atoms with Crippen molar-refractivity contribution < 1.29 is 4.79 Å². The Kier molecular flexibility index (Phi) is 3.20. The minimum Gasteiger partial charge on any atom is -0.303 e. The second kappa shape index (κ2) is 4.61. The predicted octanol–water partition coefficient (Wildman–Crippen LogP) is 3.65. The lowest BCUT2D eigenvalue weighted by Crippen LogP contribution is -2.09. The van der Waals surface area contributed by atoms with Crippen molar-refractivity contribution >= 4 is 6.29 Å². The van der Waals surface area contributed by atoms with E-state index in [4.69, 9.17) is 0 Å². The summed E-state index contributed by atoms with van der Waals surface area (Å²) in [5, 5.41) is 0. The van der Waals surface area contributed by atoms with Crippen molar-refractivity contribution in [1.82, 2.24) is 0 Å². The smallest absolute Gasteiger partial charge is 0.120 e. The second-order valence-electron chi connectivity index (χ2n) is 4.60. The zero-order valence-corrected chi connectivity index (χ0v) is 9.28. The third-order valence-electron chi connectivity index (χ3n) is 3.51. The summed E-state index contributed by atoms with van der Waals surface area (Å²) in [7, 11) is 0. The van der Waals surface area contributed by atoms with Crippen LogP contribution in [0.3, 0.4) is 0 Å². The van der Waals surface area contributed by atoms with Gasteiger partial charge in [-0.3, -0.25) is 0 Å². The van der Waals surface area contributed by atoms with E-state index in [1.165, 1.54) is 30.4 Å². The minimum atomic E-state index is 0.363. The van der Waals surface area contributed by atoms with Crippen molar-refractivity contribution in [3.8, 4) is 0 Å². The Balaban J connectivity index is 2.14. The molecule has 1 atom stereocenters. The second-order valence-corrected chi connectivity index (χ2v) is 4.60. The lowest BCUT2D eigenvalue weighted by atomic mass is 9.79. The van der Waals surface area contributed by atoms with E-state index in [1.54, 1.807) is 0 Å². The van der Waals surface area contributed by atoms with Gasteiger partial charge in [-0.15, -0.1) is 0 Å². The Hall–Kier alpha value is -1.11. The van der Waals surface area contributed by atoms with Crippen LogP contribution in [-0.4, -0.2) is 6.29 Å². The molecule has 0 spiro atoms. The third kappa shape index (κ3) is 2.28. The fourth-order valence-corrected chi connectivity index (χ4v) is 2.14. The Morgan fingerprint density at radius 2 is 2.27 bits per heavy atom. The van der Waals surface area contributed by atoms with Gasteiger partial charge < -0.3 is 4.79 Å². The number of carbonyl (C=O) groups is 1. The van der Waals surface area contributed by atoms with E-state index in [0.29, 0.717) is 12.3 Å². The van der Waals surface area contributed by atoms with Crippen LogP contribution in [0, 0.1) is 0 Å². The molecule has 1 aliphatic rings. The molecule has 0 bridgehead atoms. The first kappa shape index (κ1) is 10.4. The maximum atomic E-state index is 10.5. The zero-order valence-electron chi connectivity index (χ0n) is 9.28. The van der Waals surface area contributed by atoms with Gasteiger partial charge in [-0.2, -0.15) is 0 Å². The Labute approximate surface area is 91.5 Å². The zero-order chi connectivity index (χ0) is 10.7. The molecule has 1 saturated carbocycles. The standard InChI is InChI=1S/C14H18O/c1-11(8-9-15)13-6-3-7-14(10-13)12-4-2-5-12/h3,6-7,9-12H,2,4-5,8H2,1H3. The molecule has 1 aromatic rings. The largest absolute Gasteiger partial charge is 0.303 e. The highest BCUT2D eigenvalue weighted by Gasteiger charge is 2.19. The summed E-state index contributed by atoms with van der Waals surface area (Å²) < 4.78 is 0. The monoisotopic (exact) mass is 202 g/mol. The van der Waals surface area contributed by atoms with Crippen molar-refractivity contribution in [3.63, 3.8) is 0 Å². The molecular formula is C14H18O. The maximum absolute atomic E-state index is 10.5. The fourth-order valence-electron chi connectivity index (χ4n) is 2.14. The van der Waals surface area contributed by atoms with Crippen LogP contribution in [0.1, 0.15) is 55.6 Å². The van der Waals surface area contributed by atoms with Crippen LogP contribution in [-0.2, 0) is 4.79 Å². The molecule has 1 unspecified atom stereocenters. The number of hydrogen-bond donors (Lipinski definition) is 0. The van der Waals surface area contributed by atoms with E-state index in [-0.39, 0.29) is 0 Å². The first-order valence-corrected chi connectivity index (χ1v) is 5.84. The number of carbonyl (C=O) groups excluding carboxylic acids is 1. The average Bonchev–Trinajstić information content (AvgIpc) is 2.16. The summed E-state index contributed by atoms with van der Waals surface area (Å²) in [6.07, 6.45) is 5.70. The molecule has 1 aliphatic carbocycles. The summed E-state index contributed by atoms with van der Waals surface area (Å²) >= 11 is 0. The van der Waals surface area contributed by atoms with Gasteiger partial charge in [0.2, 0.25) is 0 Å². The van der Waals surface area contributed by atoms with Gasteiger partial charge in [0.05, 0.1) is 0 Å². The molecule has 0 amide bonds. The van der Waals surface area contributed by atoms with Gasteiger partial charge >= 0.3 is 0 Å². The van der Waals surface area contributed by atoms with Crippen LogP contribution < -0.4 is 0 Å². The first-order chi connectivity index (χ1) is 7.31.